The summed E-state index contributed by atoms with van der Waals surface area (Å²) in [5.74, 6) is 0.0773. The summed E-state index contributed by atoms with van der Waals surface area (Å²) in [6.07, 6.45) is 0. The highest BCUT2D eigenvalue weighted by atomic mass is 16.3. The molecule has 350 valence electrons. The molecule has 0 amide bonds. The molecule has 13 aromatic rings. The summed E-state index contributed by atoms with van der Waals surface area (Å²) in [7, 11) is 0. The van der Waals surface area contributed by atoms with Crippen LogP contribution in [0.2, 0.25) is 0 Å². The van der Waals surface area contributed by atoms with Gasteiger partial charge in [0.2, 0.25) is 0 Å². The van der Waals surface area contributed by atoms with Crippen molar-refractivity contribution in [2.24, 2.45) is 0 Å². The fourth-order valence-corrected chi connectivity index (χ4v) is 12.6. The summed E-state index contributed by atoms with van der Waals surface area (Å²) < 4.78 is 6.90. The Balaban J connectivity index is 1.06. The van der Waals surface area contributed by atoms with E-state index in [-0.39, 0.29) is 5.92 Å². The van der Waals surface area contributed by atoms with Crippen molar-refractivity contribution in [1.29, 1.82) is 0 Å². The zero-order valence-corrected chi connectivity index (χ0v) is 41.3. The van der Waals surface area contributed by atoms with Crippen molar-refractivity contribution in [2.75, 3.05) is 4.90 Å². The van der Waals surface area contributed by atoms with Crippen molar-refractivity contribution >= 4 is 60.5 Å². The highest BCUT2D eigenvalue weighted by Crippen LogP contribution is 2.57. The minimum atomic E-state index is -0.525. The number of nitrogens with zero attached hydrogens (tertiary/aromatic N) is 1. The van der Waals surface area contributed by atoms with Crippen molar-refractivity contribution in [2.45, 2.75) is 25.2 Å². The Bertz CT molecular complexity index is 4220. The van der Waals surface area contributed by atoms with Gasteiger partial charge in [0.15, 0.2) is 0 Å². The van der Waals surface area contributed by atoms with Gasteiger partial charge in [-0.2, -0.15) is 0 Å². The number of benzene rings is 12. The molecule has 14 rings (SSSR count). The van der Waals surface area contributed by atoms with Crippen molar-refractivity contribution in [3.63, 3.8) is 0 Å². The molecule has 1 aliphatic rings. The SMILES string of the molecule is Cc1cc2oc3ccccc3c2c(N(c2ccccc2)c2ccc(C3(c4ccccc4)c4ccccc4-c4ccccc43)cc2)c1-c1cc(-c2cc3ccccc3c3ccccc23)ccc1C(C)c1ccccc1. The Morgan fingerprint density at radius 1 is 0.405 bits per heavy atom. The molecule has 1 heterocycles. The number of hydrogen-bond donors (Lipinski definition) is 0. The number of rotatable bonds is 9. The third-order valence-corrected chi connectivity index (χ3v) is 16.0. The van der Waals surface area contributed by atoms with E-state index in [0.29, 0.717) is 0 Å². The number of anilines is 3. The predicted molar refractivity (Wildman–Crippen MR) is 310 cm³/mol. The van der Waals surface area contributed by atoms with Crippen molar-refractivity contribution in [3.05, 3.63) is 306 Å². The quantitative estimate of drug-likeness (QED) is 0.134. The number of hydrogen-bond acceptors (Lipinski definition) is 2. The molecule has 0 spiro atoms. The lowest BCUT2D eigenvalue weighted by molar-refractivity contribution is 0.668. The third kappa shape index (κ3) is 6.72. The lowest BCUT2D eigenvalue weighted by Gasteiger charge is -2.35. The normalized spacial score (nSPS) is 13.1. The molecule has 0 saturated carbocycles. The minimum Gasteiger partial charge on any atom is -0.456 e. The Kier molecular flexibility index (Phi) is 10.3. The van der Waals surface area contributed by atoms with Crippen LogP contribution in [0, 0.1) is 6.92 Å². The third-order valence-electron chi connectivity index (χ3n) is 16.0. The zero-order chi connectivity index (χ0) is 49.3. The van der Waals surface area contributed by atoms with Gasteiger partial charge < -0.3 is 9.32 Å². The number of aryl methyl sites for hydroxylation is 1. The Morgan fingerprint density at radius 2 is 0.959 bits per heavy atom. The van der Waals surface area contributed by atoms with E-state index >= 15 is 0 Å². The summed E-state index contributed by atoms with van der Waals surface area (Å²) in [6.45, 7) is 4.63. The van der Waals surface area contributed by atoms with Gasteiger partial charge >= 0.3 is 0 Å². The Labute approximate surface area is 432 Å². The van der Waals surface area contributed by atoms with E-state index in [2.05, 4.69) is 286 Å². The molecule has 1 aliphatic carbocycles. The van der Waals surface area contributed by atoms with Gasteiger partial charge in [0.05, 0.1) is 16.5 Å². The van der Waals surface area contributed by atoms with Gasteiger partial charge in [-0.25, -0.2) is 0 Å². The molecule has 1 aromatic heterocycles. The van der Waals surface area contributed by atoms with Crippen LogP contribution in [0.3, 0.4) is 0 Å². The Morgan fingerprint density at radius 3 is 1.68 bits per heavy atom. The number of furan rings is 1. The van der Waals surface area contributed by atoms with Crippen LogP contribution in [0.5, 0.6) is 0 Å². The molecular weight excluding hydrogens is 895 g/mol. The van der Waals surface area contributed by atoms with E-state index in [1.165, 1.54) is 88.3 Å². The molecule has 1 atom stereocenters. The van der Waals surface area contributed by atoms with Gasteiger partial charge in [-0.15, -0.1) is 0 Å². The van der Waals surface area contributed by atoms with Crippen LogP contribution < -0.4 is 4.90 Å². The van der Waals surface area contributed by atoms with Crippen LogP contribution in [0.15, 0.2) is 271 Å². The molecule has 0 saturated heterocycles. The summed E-state index contributed by atoms with van der Waals surface area (Å²) in [6, 6.07) is 98.4. The summed E-state index contributed by atoms with van der Waals surface area (Å²) in [5, 5.41) is 7.13. The van der Waals surface area contributed by atoms with E-state index in [1.807, 2.05) is 0 Å². The van der Waals surface area contributed by atoms with Crippen molar-refractivity contribution < 1.29 is 4.42 Å². The molecule has 2 heteroatoms. The van der Waals surface area contributed by atoms with Gasteiger partial charge in [-0.3, -0.25) is 0 Å². The van der Waals surface area contributed by atoms with Crippen molar-refractivity contribution in [1.82, 2.24) is 0 Å². The molecule has 0 aliphatic heterocycles. The second-order valence-corrected chi connectivity index (χ2v) is 19.9. The molecule has 1 unspecified atom stereocenters. The monoisotopic (exact) mass is 945 g/mol. The standard InChI is InChI=1S/C72H51NO/c1-47-44-68-70(62-34-18-21-37-67(62)74-68)71(69(47)64-46-51(38-43-56(64)48(2)49-22-6-3-7-23-49)63-45-50-24-12-13-29-57(50)58-30-14-15-31-59(58)63)73(54-27-10-5-11-28-54)55-41-39-53(40-42-55)72(52-25-8-4-9-26-52)65-35-19-16-32-60(65)61-33-17-20-36-66(61)72/h3-46,48H,1-2H3. The molecule has 0 N–H and O–H groups in total. The molecule has 2 nitrogen and oxygen atoms in total. The van der Waals surface area contributed by atoms with Crippen molar-refractivity contribution in [3.8, 4) is 33.4 Å². The summed E-state index contributed by atoms with van der Waals surface area (Å²) in [4.78, 5) is 2.50. The average Bonchev–Trinajstić information content (AvgIpc) is 3.99. The predicted octanol–water partition coefficient (Wildman–Crippen LogP) is 19.5. The molecule has 0 bridgehead atoms. The van der Waals surface area contributed by atoms with Gasteiger partial charge in [0.25, 0.3) is 0 Å². The lowest BCUT2D eigenvalue weighted by Crippen LogP contribution is -2.28. The van der Waals surface area contributed by atoms with Crippen LogP contribution in [0.25, 0.3) is 76.9 Å². The molecule has 0 radical (unpaired) electrons. The maximum Gasteiger partial charge on any atom is 0.137 e. The first-order chi connectivity index (χ1) is 36.6. The second kappa shape index (κ2) is 17.5. The number of para-hydroxylation sites is 2. The van der Waals surface area contributed by atoms with E-state index in [4.69, 9.17) is 4.42 Å². The van der Waals surface area contributed by atoms with Crippen LogP contribution in [-0.2, 0) is 5.41 Å². The average molecular weight is 946 g/mol. The fraction of sp³-hybridized carbons (Fsp3) is 0.0556. The van der Waals surface area contributed by atoms with Gasteiger partial charge in [-0.05, 0) is 144 Å². The molecule has 74 heavy (non-hydrogen) atoms. The first-order valence-corrected chi connectivity index (χ1v) is 25.8. The maximum absolute atomic E-state index is 6.90. The topological polar surface area (TPSA) is 16.4 Å². The Hall–Kier alpha value is -9.24. The minimum absolute atomic E-state index is 0.0773. The molecule has 12 aromatic carbocycles. The van der Waals surface area contributed by atoms with Crippen LogP contribution in [0.1, 0.15) is 51.8 Å². The van der Waals surface area contributed by atoms with E-state index in [9.17, 15) is 0 Å². The molecular formula is C72H51NO. The highest BCUT2D eigenvalue weighted by molar-refractivity contribution is 6.18. The van der Waals surface area contributed by atoms with E-state index < -0.39 is 5.41 Å². The maximum atomic E-state index is 6.90. The van der Waals surface area contributed by atoms with Gasteiger partial charge in [-0.1, -0.05) is 225 Å². The van der Waals surface area contributed by atoms with Crippen LogP contribution in [-0.4, -0.2) is 0 Å². The lowest BCUT2D eigenvalue weighted by atomic mass is 9.67. The summed E-state index contributed by atoms with van der Waals surface area (Å²) >= 11 is 0. The van der Waals surface area contributed by atoms with Crippen LogP contribution >= 0.6 is 0 Å². The number of fused-ring (bicyclic) bond motifs is 9. The van der Waals surface area contributed by atoms with Crippen LogP contribution in [0.4, 0.5) is 17.1 Å². The fourth-order valence-electron chi connectivity index (χ4n) is 12.6. The van der Waals surface area contributed by atoms with E-state index in [0.717, 1.165) is 44.6 Å². The summed E-state index contributed by atoms with van der Waals surface area (Å²) in [5.41, 5.74) is 20.4. The van der Waals surface area contributed by atoms with Gasteiger partial charge in [0, 0.05) is 28.2 Å². The largest absolute Gasteiger partial charge is 0.456 e. The van der Waals surface area contributed by atoms with E-state index in [1.54, 1.807) is 0 Å². The first kappa shape index (κ1) is 43.5. The highest BCUT2D eigenvalue weighted by Gasteiger charge is 2.46. The second-order valence-electron chi connectivity index (χ2n) is 19.9. The molecule has 0 fully saturated rings. The zero-order valence-electron chi connectivity index (χ0n) is 41.3. The smallest absolute Gasteiger partial charge is 0.137 e. The first-order valence-electron chi connectivity index (χ1n) is 25.8. The van der Waals surface area contributed by atoms with Gasteiger partial charge in [0.1, 0.15) is 11.2 Å².